The maximum Gasteiger partial charge on any atom is 0.242 e. The molecule has 0 aromatic carbocycles. The summed E-state index contributed by atoms with van der Waals surface area (Å²) in [4.78, 5) is 0. The predicted octanol–water partition coefficient (Wildman–Crippen LogP) is -3.97. The summed E-state index contributed by atoms with van der Waals surface area (Å²) < 4.78 is 8.93. The molecule has 0 saturated carbocycles. The van der Waals surface area contributed by atoms with Crippen LogP contribution in [0.4, 0.5) is 0 Å². The van der Waals surface area contributed by atoms with Crippen molar-refractivity contribution >= 4 is 0 Å². The minimum Gasteiger partial charge on any atom is -0.364 e. The van der Waals surface area contributed by atoms with Crippen LogP contribution in [0.2, 0.25) is 0 Å². The molecule has 0 aromatic rings. The third kappa shape index (κ3) is 2.02. The lowest BCUT2D eigenvalue weighted by Crippen LogP contribution is -2.62. The van der Waals surface area contributed by atoms with E-state index in [0.717, 1.165) is 0 Å². The fourth-order valence-corrected chi connectivity index (χ4v) is 0.838. The lowest BCUT2D eigenvalue weighted by atomic mass is 10.2. The van der Waals surface area contributed by atoms with Crippen molar-refractivity contribution in [1.29, 1.82) is 0 Å². The summed E-state index contributed by atoms with van der Waals surface area (Å²) in [6.07, 6.45) is -4.44. The van der Waals surface area contributed by atoms with Gasteiger partial charge in [0.05, 0.1) is 0 Å². The largest absolute Gasteiger partial charge is 0.364 e. The number of aliphatic hydroxyl groups is 6. The van der Waals surface area contributed by atoms with E-state index >= 15 is 0 Å². The Balaban J connectivity index is 2.62. The summed E-state index contributed by atoms with van der Waals surface area (Å²) in [7, 11) is 0. The highest BCUT2D eigenvalue weighted by Gasteiger charge is 2.50. The number of hydrogen-bond donors (Lipinski definition) is 6. The van der Waals surface area contributed by atoms with Gasteiger partial charge in [-0.2, -0.15) is 0 Å². The van der Waals surface area contributed by atoms with Crippen molar-refractivity contribution in [1.82, 2.24) is 0 Å². The molecule has 0 bridgehead atoms. The number of aliphatic hydroxyl groups excluding tert-OH is 2. The first-order chi connectivity index (χ1) is 6.30. The molecule has 2 unspecified atom stereocenters. The first kappa shape index (κ1) is 11.8. The van der Waals surface area contributed by atoms with Gasteiger partial charge in [0.15, 0.2) is 0 Å². The van der Waals surface area contributed by atoms with Crippen molar-refractivity contribution in [2.75, 3.05) is 13.2 Å². The van der Waals surface area contributed by atoms with E-state index in [9.17, 15) is 10.2 Å². The first-order valence-electron chi connectivity index (χ1n) is 3.75. The molecule has 1 aliphatic heterocycles. The Morgan fingerprint density at radius 2 is 1.07 bits per heavy atom. The zero-order valence-electron chi connectivity index (χ0n) is 7.07. The fourth-order valence-electron chi connectivity index (χ4n) is 0.838. The van der Waals surface area contributed by atoms with E-state index in [1.165, 1.54) is 0 Å². The Kier molecular flexibility index (Phi) is 3.09. The first-order valence-corrected chi connectivity index (χ1v) is 3.75. The molecule has 0 radical (unpaired) electrons. The third-order valence-corrected chi connectivity index (χ3v) is 1.86. The molecule has 8 nitrogen and oxygen atoms in total. The molecule has 14 heavy (non-hydrogen) atoms. The van der Waals surface area contributed by atoms with E-state index < -0.39 is 37.4 Å². The smallest absolute Gasteiger partial charge is 0.242 e. The zero-order valence-corrected chi connectivity index (χ0v) is 7.07. The molecule has 6 N–H and O–H groups in total. The third-order valence-electron chi connectivity index (χ3n) is 1.86. The maximum atomic E-state index is 9.24. The molecule has 0 aromatic heterocycles. The monoisotopic (exact) mass is 212 g/mol. The highest BCUT2D eigenvalue weighted by Crippen LogP contribution is 2.25. The lowest BCUT2D eigenvalue weighted by molar-refractivity contribution is -0.435. The van der Waals surface area contributed by atoms with Crippen molar-refractivity contribution in [2.45, 2.75) is 24.2 Å². The summed E-state index contributed by atoms with van der Waals surface area (Å²) in [5, 5.41) is 53.0. The summed E-state index contributed by atoms with van der Waals surface area (Å²) in [5.41, 5.74) is 0. The van der Waals surface area contributed by atoms with Gasteiger partial charge >= 0.3 is 0 Å². The van der Waals surface area contributed by atoms with Gasteiger partial charge < -0.3 is 40.1 Å². The second-order valence-corrected chi connectivity index (χ2v) is 3.01. The second-order valence-electron chi connectivity index (χ2n) is 3.01. The maximum absolute atomic E-state index is 9.24. The Morgan fingerprint density at radius 3 is 1.21 bits per heavy atom. The number of ether oxygens (including phenoxy) is 2. The van der Waals surface area contributed by atoms with Crippen LogP contribution in [0.3, 0.4) is 0 Å². The van der Waals surface area contributed by atoms with Gasteiger partial charge in [-0.25, -0.2) is 0 Å². The van der Waals surface area contributed by atoms with Crippen LogP contribution >= 0.6 is 0 Å². The molecule has 1 saturated heterocycles. The van der Waals surface area contributed by atoms with Gasteiger partial charge in [0.25, 0.3) is 0 Å². The summed E-state index contributed by atoms with van der Waals surface area (Å²) >= 11 is 0. The van der Waals surface area contributed by atoms with E-state index in [1.54, 1.807) is 0 Å². The SMILES string of the molecule is OC(O)C1(O)COC(O)(C(O)O)CO1. The minimum absolute atomic E-state index is 0.807. The van der Waals surface area contributed by atoms with E-state index in [-0.39, 0.29) is 0 Å². The van der Waals surface area contributed by atoms with Crippen molar-refractivity contribution in [3.63, 3.8) is 0 Å². The summed E-state index contributed by atoms with van der Waals surface area (Å²) in [6.45, 7) is -1.61. The molecule has 8 heteroatoms. The number of rotatable bonds is 2. The zero-order chi connectivity index (χ0) is 11.0. The lowest BCUT2D eigenvalue weighted by Gasteiger charge is -2.41. The molecule has 0 spiro atoms. The van der Waals surface area contributed by atoms with E-state index in [2.05, 4.69) is 9.47 Å². The quantitative estimate of drug-likeness (QED) is 0.255. The Bertz CT molecular complexity index is 172. The fraction of sp³-hybridized carbons (Fsp3) is 1.00. The predicted molar refractivity (Wildman–Crippen MR) is 38.3 cm³/mol. The van der Waals surface area contributed by atoms with Crippen LogP contribution in [-0.4, -0.2) is 68.0 Å². The molecule has 0 amide bonds. The van der Waals surface area contributed by atoms with E-state index in [4.69, 9.17) is 20.4 Å². The molecule has 0 aliphatic carbocycles. The van der Waals surface area contributed by atoms with Crippen molar-refractivity contribution in [3.8, 4) is 0 Å². The van der Waals surface area contributed by atoms with Crippen molar-refractivity contribution in [2.24, 2.45) is 0 Å². The van der Waals surface area contributed by atoms with Crippen LogP contribution in [0.5, 0.6) is 0 Å². The van der Waals surface area contributed by atoms with Gasteiger partial charge in [-0.15, -0.1) is 0 Å². The van der Waals surface area contributed by atoms with Gasteiger partial charge in [-0.05, 0) is 0 Å². The average molecular weight is 212 g/mol. The van der Waals surface area contributed by atoms with Crippen LogP contribution in [0.1, 0.15) is 0 Å². The molecule has 1 heterocycles. The number of hydrogen-bond acceptors (Lipinski definition) is 8. The Hall–Kier alpha value is -0.320. The standard InChI is InChI=1S/C6H12O8/c7-3(8)5(11)1-13-6(12,2-14-5)4(9)10/h3-4,7-12H,1-2H2. The second kappa shape index (κ2) is 3.68. The highest BCUT2D eigenvalue weighted by atomic mass is 16.8. The van der Waals surface area contributed by atoms with Crippen molar-refractivity contribution in [3.05, 3.63) is 0 Å². The van der Waals surface area contributed by atoms with Crippen molar-refractivity contribution < 1.29 is 40.1 Å². The Morgan fingerprint density at radius 1 is 0.786 bits per heavy atom. The van der Waals surface area contributed by atoms with Gasteiger partial charge in [-0.1, -0.05) is 0 Å². The normalized spacial score (nSPS) is 39.4. The highest BCUT2D eigenvalue weighted by molar-refractivity contribution is 4.81. The Labute approximate surface area is 78.6 Å². The molecule has 84 valence electrons. The van der Waals surface area contributed by atoms with Crippen LogP contribution in [0.15, 0.2) is 0 Å². The van der Waals surface area contributed by atoms with Gasteiger partial charge in [0, 0.05) is 0 Å². The topological polar surface area (TPSA) is 140 Å². The van der Waals surface area contributed by atoms with E-state index in [0.29, 0.717) is 0 Å². The van der Waals surface area contributed by atoms with Crippen LogP contribution in [0.25, 0.3) is 0 Å². The van der Waals surface area contributed by atoms with Gasteiger partial charge in [0.2, 0.25) is 24.2 Å². The van der Waals surface area contributed by atoms with Crippen LogP contribution in [0, 0.1) is 0 Å². The molecular formula is C6H12O8. The summed E-state index contributed by atoms with van der Waals surface area (Å²) in [6, 6.07) is 0. The molecule has 1 rings (SSSR count). The molecule has 1 fully saturated rings. The summed E-state index contributed by atoms with van der Waals surface area (Å²) in [5.74, 6) is -4.75. The molecule has 2 atom stereocenters. The molecule has 1 aliphatic rings. The minimum atomic E-state index is -2.37. The van der Waals surface area contributed by atoms with Crippen LogP contribution in [-0.2, 0) is 9.47 Å². The van der Waals surface area contributed by atoms with Gasteiger partial charge in [0.1, 0.15) is 13.2 Å². The van der Waals surface area contributed by atoms with Gasteiger partial charge in [-0.3, -0.25) is 0 Å². The molecular weight excluding hydrogens is 200 g/mol. The van der Waals surface area contributed by atoms with E-state index in [1.807, 2.05) is 0 Å². The van der Waals surface area contributed by atoms with Crippen LogP contribution < -0.4 is 0 Å². The average Bonchev–Trinajstić information content (AvgIpc) is 2.10.